The SMILES string of the molecule is CC(=O)Cc1cc(Br)c(Oc2ccc(O)c(Oc3ccc(C(F)(F)F)cc3)c2)c(Br)c1. The third kappa shape index (κ3) is 6.01. The van der Waals surface area contributed by atoms with Crippen molar-refractivity contribution in [2.45, 2.75) is 19.5 Å². The molecule has 3 aromatic carbocycles. The van der Waals surface area contributed by atoms with E-state index in [0.29, 0.717) is 20.4 Å². The first kappa shape index (κ1) is 23.1. The highest BCUT2D eigenvalue weighted by Crippen LogP contribution is 2.41. The summed E-state index contributed by atoms with van der Waals surface area (Å²) in [6.45, 7) is 1.50. The van der Waals surface area contributed by atoms with E-state index in [2.05, 4.69) is 31.9 Å². The van der Waals surface area contributed by atoms with Crippen LogP contribution in [0.25, 0.3) is 0 Å². The van der Waals surface area contributed by atoms with Crippen molar-refractivity contribution in [3.8, 4) is 28.7 Å². The van der Waals surface area contributed by atoms with Crippen molar-refractivity contribution >= 4 is 37.6 Å². The van der Waals surface area contributed by atoms with Gasteiger partial charge in [0, 0.05) is 12.5 Å². The van der Waals surface area contributed by atoms with Gasteiger partial charge in [-0.25, -0.2) is 0 Å². The normalized spacial score (nSPS) is 11.3. The summed E-state index contributed by atoms with van der Waals surface area (Å²) in [5.74, 6) is 0.714. The summed E-state index contributed by atoms with van der Waals surface area (Å²) < 4.78 is 50.7. The first-order valence-corrected chi connectivity index (χ1v) is 10.4. The van der Waals surface area contributed by atoms with Gasteiger partial charge >= 0.3 is 6.18 Å². The van der Waals surface area contributed by atoms with Crippen molar-refractivity contribution in [3.05, 3.63) is 74.7 Å². The topological polar surface area (TPSA) is 55.8 Å². The molecule has 0 spiro atoms. The van der Waals surface area contributed by atoms with Crippen molar-refractivity contribution < 1.29 is 32.5 Å². The number of halogens is 5. The molecular weight excluding hydrogens is 545 g/mol. The van der Waals surface area contributed by atoms with E-state index in [1.54, 1.807) is 12.1 Å². The molecule has 0 unspecified atom stereocenters. The molecule has 0 aromatic heterocycles. The Kier molecular flexibility index (Phi) is 6.96. The predicted octanol–water partition coefficient (Wildman–Crippen LogP) is 7.65. The van der Waals surface area contributed by atoms with E-state index in [1.165, 1.54) is 25.1 Å². The standard InChI is InChI=1S/C22H15Br2F3O4/c1-12(28)8-13-9-17(23)21(18(24)10-13)31-16-6-7-19(29)20(11-16)30-15-4-2-14(3-5-15)22(25,26)27/h2-7,9-11,29H,8H2,1H3. The van der Waals surface area contributed by atoms with Crippen LogP contribution >= 0.6 is 31.9 Å². The summed E-state index contributed by atoms with van der Waals surface area (Å²) in [5.41, 5.74) is -0.000270. The van der Waals surface area contributed by atoms with Crippen molar-refractivity contribution in [2.75, 3.05) is 0 Å². The van der Waals surface area contributed by atoms with Crippen molar-refractivity contribution in [3.63, 3.8) is 0 Å². The quantitative estimate of drug-likeness (QED) is 0.337. The van der Waals surface area contributed by atoms with E-state index < -0.39 is 11.7 Å². The third-order valence-corrected chi connectivity index (χ3v) is 5.25. The van der Waals surface area contributed by atoms with E-state index in [-0.39, 0.29) is 29.5 Å². The summed E-state index contributed by atoms with van der Waals surface area (Å²) in [7, 11) is 0. The largest absolute Gasteiger partial charge is 0.504 e. The van der Waals surface area contributed by atoms with Gasteiger partial charge in [-0.2, -0.15) is 13.2 Å². The minimum Gasteiger partial charge on any atom is -0.504 e. The number of ketones is 1. The number of Topliss-reactive ketones (excluding diaryl/α,β-unsaturated/α-hetero) is 1. The molecule has 1 N–H and O–H groups in total. The molecule has 0 saturated heterocycles. The van der Waals surface area contributed by atoms with Gasteiger partial charge in [-0.05, 0) is 92.9 Å². The van der Waals surface area contributed by atoms with Crippen LogP contribution < -0.4 is 9.47 Å². The Bertz CT molecular complexity index is 1090. The lowest BCUT2D eigenvalue weighted by Gasteiger charge is -2.14. The number of hydrogen-bond donors (Lipinski definition) is 1. The summed E-state index contributed by atoms with van der Waals surface area (Å²) >= 11 is 6.83. The van der Waals surface area contributed by atoms with Crippen molar-refractivity contribution in [1.82, 2.24) is 0 Å². The molecule has 162 valence electrons. The maximum absolute atomic E-state index is 12.7. The molecule has 3 aromatic rings. The molecule has 0 bridgehead atoms. The molecule has 0 aliphatic carbocycles. The average molecular weight is 560 g/mol. The van der Waals surface area contributed by atoms with Gasteiger partial charge in [0.15, 0.2) is 17.2 Å². The number of hydrogen-bond acceptors (Lipinski definition) is 4. The smallest absolute Gasteiger partial charge is 0.416 e. The van der Waals surface area contributed by atoms with Gasteiger partial charge in [0.05, 0.1) is 14.5 Å². The molecule has 0 heterocycles. The lowest BCUT2D eigenvalue weighted by atomic mass is 10.1. The van der Waals surface area contributed by atoms with Crippen LogP contribution in [0.4, 0.5) is 13.2 Å². The average Bonchev–Trinajstić information content (AvgIpc) is 2.66. The van der Waals surface area contributed by atoms with Gasteiger partial charge in [0.1, 0.15) is 17.3 Å². The van der Waals surface area contributed by atoms with Crippen molar-refractivity contribution in [2.24, 2.45) is 0 Å². The number of aromatic hydroxyl groups is 1. The molecule has 0 amide bonds. The van der Waals surface area contributed by atoms with Crippen LogP contribution in [-0.2, 0) is 17.4 Å². The number of phenolic OH excluding ortho intramolecular Hbond substituents is 1. The first-order chi connectivity index (χ1) is 14.5. The second kappa shape index (κ2) is 9.32. The highest BCUT2D eigenvalue weighted by molar-refractivity contribution is 9.11. The molecule has 9 heteroatoms. The number of benzene rings is 3. The Morgan fingerprint density at radius 2 is 1.52 bits per heavy atom. The maximum Gasteiger partial charge on any atom is 0.416 e. The number of phenols is 1. The van der Waals surface area contributed by atoms with E-state index in [9.17, 15) is 23.1 Å². The molecule has 0 fully saturated rings. The fourth-order valence-electron chi connectivity index (χ4n) is 2.70. The number of ether oxygens (including phenoxy) is 2. The Balaban J connectivity index is 1.82. The Hall–Kier alpha value is -2.52. The molecule has 0 aliphatic heterocycles. The molecule has 0 saturated carbocycles. The van der Waals surface area contributed by atoms with Crippen LogP contribution in [0.5, 0.6) is 28.7 Å². The summed E-state index contributed by atoms with van der Waals surface area (Å²) in [4.78, 5) is 11.3. The van der Waals surface area contributed by atoms with Gasteiger partial charge in [0.25, 0.3) is 0 Å². The maximum atomic E-state index is 12.7. The third-order valence-electron chi connectivity index (χ3n) is 4.07. The minimum atomic E-state index is -4.45. The van der Waals surface area contributed by atoms with E-state index in [1.807, 2.05) is 0 Å². The Morgan fingerprint density at radius 3 is 2.06 bits per heavy atom. The van der Waals surface area contributed by atoms with Crippen LogP contribution in [-0.4, -0.2) is 10.9 Å². The lowest BCUT2D eigenvalue weighted by Crippen LogP contribution is -2.04. The van der Waals surface area contributed by atoms with Crippen LogP contribution in [0.2, 0.25) is 0 Å². The molecular formula is C22H15Br2F3O4. The fraction of sp³-hybridized carbons (Fsp3) is 0.136. The highest BCUT2D eigenvalue weighted by atomic mass is 79.9. The second-order valence-corrected chi connectivity index (χ2v) is 8.33. The van der Waals surface area contributed by atoms with Gasteiger partial charge < -0.3 is 14.6 Å². The van der Waals surface area contributed by atoms with Crippen molar-refractivity contribution in [1.29, 1.82) is 0 Å². The molecule has 0 atom stereocenters. The Labute approximate surface area is 192 Å². The lowest BCUT2D eigenvalue weighted by molar-refractivity contribution is -0.137. The number of alkyl halides is 3. The molecule has 0 radical (unpaired) electrons. The minimum absolute atomic E-state index is 0.0118. The van der Waals surface area contributed by atoms with Gasteiger partial charge in [0.2, 0.25) is 0 Å². The summed E-state index contributed by atoms with van der Waals surface area (Å²) in [6.07, 6.45) is -4.17. The zero-order chi connectivity index (χ0) is 22.8. The van der Waals surface area contributed by atoms with Crippen LogP contribution in [0.1, 0.15) is 18.1 Å². The van der Waals surface area contributed by atoms with Gasteiger partial charge in [-0.3, -0.25) is 4.79 Å². The molecule has 31 heavy (non-hydrogen) atoms. The zero-order valence-electron chi connectivity index (χ0n) is 16.0. The number of carbonyl (C=O) groups excluding carboxylic acids is 1. The Morgan fingerprint density at radius 1 is 0.935 bits per heavy atom. The van der Waals surface area contributed by atoms with Crippen LogP contribution in [0.3, 0.4) is 0 Å². The molecule has 0 aliphatic rings. The molecule has 4 nitrogen and oxygen atoms in total. The summed E-state index contributed by atoms with van der Waals surface area (Å²) in [5, 5.41) is 10.1. The highest BCUT2D eigenvalue weighted by Gasteiger charge is 2.30. The zero-order valence-corrected chi connectivity index (χ0v) is 19.1. The molecule has 3 rings (SSSR count). The van der Waals surface area contributed by atoms with Crippen LogP contribution in [0.15, 0.2) is 63.5 Å². The summed E-state index contributed by atoms with van der Waals surface area (Å²) in [6, 6.07) is 11.9. The van der Waals surface area contributed by atoms with Crippen LogP contribution in [0, 0.1) is 0 Å². The van der Waals surface area contributed by atoms with E-state index in [0.717, 1.165) is 29.8 Å². The monoisotopic (exact) mass is 558 g/mol. The first-order valence-electron chi connectivity index (χ1n) is 8.86. The van der Waals surface area contributed by atoms with Gasteiger partial charge in [-0.15, -0.1) is 0 Å². The van der Waals surface area contributed by atoms with E-state index >= 15 is 0 Å². The predicted molar refractivity (Wildman–Crippen MR) is 116 cm³/mol. The number of carbonyl (C=O) groups is 1. The number of rotatable bonds is 6. The van der Waals surface area contributed by atoms with E-state index in [4.69, 9.17) is 9.47 Å². The van der Waals surface area contributed by atoms with Gasteiger partial charge in [-0.1, -0.05) is 0 Å². The fourth-order valence-corrected chi connectivity index (χ4v) is 4.14. The second-order valence-electron chi connectivity index (χ2n) is 6.62.